The van der Waals surface area contributed by atoms with Gasteiger partial charge in [-0.05, 0) is 49.7 Å². The standard InChI is InChI=1S/C15H21N5S/c1-2-19(11-12-7-9-16-10-8-12)14-17-18-15(21)20(14)13-5-3-4-6-13/h7-10,13H,2-6,11H2,1H3,(H,18,21). The van der Waals surface area contributed by atoms with Crippen LogP contribution in [0.15, 0.2) is 24.5 Å². The maximum Gasteiger partial charge on any atom is 0.226 e. The molecule has 3 rings (SSSR count). The van der Waals surface area contributed by atoms with Crippen molar-refractivity contribution in [1.82, 2.24) is 19.7 Å². The van der Waals surface area contributed by atoms with Crippen LogP contribution in [0.3, 0.4) is 0 Å². The van der Waals surface area contributed by atoms with E-state index in [-0.39, 0.29) is 0 Å². The molecule has 5 nitrogen and oxygen atoms in total. The summed E-state index contributed by atoms with van der Waals surface area (Å²) in [6, 6.07) is 4.59. The van der Waals surface area contributed by atoms with E-state index in [1.807, 2.05) is 24.5 Å². The van der Waals surface area contributed by atoms with E-state index < -0.39 is 0 Å². The van der Waals surface area contributed by atoms with Crippen LogP contribution in [0.4, 0.5) is 5.95 Å². The van der Waals surface area contributed by atoms with Crippen LogP contribution >= 0.6 is 12.2 Å². The lowest BCUT2D eigenvalue weighted by Gasteiger charge is -2.24. The first-order valence-corrected chi connectivity index (χ1v) is 8.01. The van der Waals surface area contributed by atoms with Crippen molar-refractivity contribution < 1.29 is 0 Å². The van der Waals surface area contributed by atoms with Crippen molar-refractivity contribution in [3.63, 3.8) is 0 Å². The summed E-state index contributed by atoms with van der Waals surface area (Å²) in [5.74, 6) is 0.964. The highest BCUT2D eigenvalue weighted by molar-refractivity contribution is 7.71. The predicted molar refractivity (Wildman–Crippen MR) is 85.9 cm³/mol. The Morgan fingerprint density at radius 2 is 2.05 bits per heavy atom. The molecule has 2 aromatic heterocycles. The molecule has 6 heteroatoms. The van der Waals surface area contributed by atoms with Gasteiger partial charge in [-0.2, -0.15) is 0 Å². The zero-order valence-electron chi connectivity index (χ0n) is 12.3. The molecule has 1 fully saturated rings. The van der Waals surface area contributed by atoms with Gasteiger partial charge in [0.15, 0.2) is 4.77 Å². The van der Waals surface area contributed by atoms with Gasteiger partial charge in [-0.15, -0.1) is 5.10 Å². The topological polar surface area (TPSA) is 49.7 Å². The Bertz CT molecular complexity index is 627. The number of nitrogens with one attached hydrogen (secondary N) is 1. The average Bonchev–Trinajstić information content (AvgIpc) is 3.15. The van der Waals surface area contributed by atoms with E-state index in [0.29, 0.717) is 6.04 Å². The number of hydrogen-bond acceptors (Lipinski definition) is 4. The van der Waals surface area contributed by atoms with Gasteiger partial charge in [-0.25, -0.2) is 5.10 Å². The van der Waals surface area contributed by atoms with Crippen molar-refractivity contribution in [3.05, 3.63) is 34.9 Å². The second-order valence-electron chi connectivity index (χ2n) is 5.51. The molecule has 0 aliphatic heterocycles. The quantitative estimate of drug-likeness (QED) is 0.859. The summed E-state index contributed by atoms with van der Waals surface area (Å²) < 4.78 is 2.96. The summed E-state index contributed by atoms with van der Waals surface area (Å²) in [5.41, 5.74) is 1.23. The third kappa shape index (κ3) is 3.00. The van der Waals surface area contributed by atoms with E-state index in [1.165, 1.54) is 31.2 Å². The number of nitrogens with zero attached hydrogens (tertiary/aromatic N) is 4. The molecule has 1 saturated carbocycles. The van der Waals surface area contributed by atoms with E-state index in [1.54, 1.807) is 0 Å². The molecular weight excluding hydrogens is 282 g/mol. The first-order chi connectivity index (χ1) is 10.3. The molecule has 0 spiro atoms. The number of H-pyrrole nitrogens is 1. The third-order valence-corrected chi connectivity index (χ3v) is 4.45. The molecule has 0 saturated heterocycles. The van der Waals surface area contributed by atoms with E-state index >= 15 is 0 Å². The molecule has 0 amide bonds. The van der Waals surface area contributed by atoms with Crippen molar-refractivity contribution in [2.45, 2.75) is 45.2 Å². The summed E-state index contributed by atoms with van der Waals surface area (Å²) in [5, 5.41) is 7.46. The Kier molecular flexibility index (Phi) is 4.34. The van der Waals surface area contributed by atoms with E-state index in [2.05, 4.69) is 31.6 Å². The Morgan fingerprint density at radius 3 is 2.71 bits per heavy atom. The van der Waals surface area contributed by atoms with E-state index in [4.69, 9.17) is 12.2 Å². The lowest BCUT2D eigenvalue weighted by Crippen LogP contribution is -2.26. The molecule has 0 unspecified atom stereocenters. The molecular formula is C15H21N5S. The molecule has 1 aliphatic carbocycles. The van der Waals surface area contributed by atoms with Crippen LogP contribution in [0.2, 0.25) is 0 Å². The van der Waals surface area contributed by atoms with Crippen molar-refractivity contribution in [2.75, 3.05) is 11.4 Å². The van der Waals surface area contributed by atoms with Crippen LogP contribution in [-0.4, -0.2) is 26.3 Å². The first kappa shape index (κ1) is 14.3. The molecule has 0 atom stereocenters. The third-order valence-electron chi connectivity index (χ3n) is 4.16. The minimum Gasteiger partial charge on any atom is -0.337 e. The highest BCUT2D eigenvalue weighted by atomic mass is 32.1. The van der Waals surface area contributed by atoms with Crippen LogP contribution < -0.4 is 4.90 Å². The van der Waals surface area contributed by atoms with Crippen molar-refractivity contribution >= 4 is 18.2 Å². The van der Waals surface area contributed by atoms with Crippen LogP contribution in [0.25, 0.3) is 0 Å². The van der Waals surface area contributed by atoms with Gasteiger partial charge in [0.05, 0.1) is 0 Å². The van der Waals surface area contributed by atoms with Gasteiger partial charge in [0.2, 0.25) is 5.95 Å². The van der Waals surface area contributed by atoms with Gasteiger partial charge in [0, 0.05) is 31.5 Å². The monoisotopic (exact) mass is 303 g/mol. The average molecular weight is 303 g/mol. The Hall–Kier alpha value is -1.69. The fourth-order valence-electron chi connectivity index (χ4n) is 3.04. The second kappa shape index (κ2) is 6.39. The summed E-state index contributed by atoms with van der Waals surface area (Å²) in [7, 11) is 0. The SMILES string of the molecule is CCN(Cc1ccncc1)c1n[nH]c(=S)n1C1CCCC1. The summed E-state index contributed by atoms with van der Waals surface area (Å²) in [6.45, 7) is 3.87. The van der Waals surface area contributed by atoms with Gasteiger partial charge < -0.3 is 4.90 Å². The lowest BCUT2D eigenvalue weighted by atomic mass is 10.2. The van der Waals surface area contributed by atoms with Gasteiger partial charge in [-0.3, -0.25) is 9.55 Å². The normalized spacial score (nSPS) is 15.5. The molecule has 0 aromatic carbocycles. The molecule has 112 valence electrons. The molecule has 1 N–H and O–H groups in total. The van der Waals surface area contributed by atoms with Gasteiger partial charge in [0.25, 0.3) is 0 Å². The number of pyridine rings is 1. The highest BCUT2D eigenvalue weighted by Crippen LogP contribution is 2.32. The molecule has 2 heterocycles. The zero-order valence-corrected chi connectivity index (χ0v) is 13.1. The van der Waals surface area contributed by atoms with Crippen molar-refractivity contribution in [2.24, 2.45) is 0 Å². The summed E-state index contributed by atoms with van der Waals surface area (Å²) in [6.07, 6.45) is 8.64. The number of aromatic amines is 1. The Labute approximate surface area is 130 Å². The minimum atomic E-state index is 0.498. The molecule has 2 aromatic rings. The zero-order chi connectivity index (χ0) is 14.7. The Balaban J connectivity index is 1.89. The fraction of sp³-hybridized carbons (Fsp3) is 0.533. The van der Waals surface area contributed by atoms with Crippen LogP contribution in [0.5, 0.6) is 0 Å². The van der Waals surface area contributed by atoms with Gasteiger partial charge >= 0.3 is 0 Å². The number of hydrogen-bond donors (Lipinski definition) is 1. The highest BCUT2D eigenvalue weighted by Gasteiger charge is 2.23. The first-order valence-electron chi connectivity index (χ1n) is 7.60. The molecule has 21 heavy (non-hydrogen) atoms. The van der Waals surface area contributed by atoms with Gasteiger partial charge in [-0.1, -0.05) is 12.8 Å². The molecule has 0 bridgehead atoms. The largest absolute Gasteiger partial charge is 0.337 e. The summed E-state index contributed by atoms with van der Waals surface area (Å²) >= 11 is 5.45. The minimum absolute atomic E-state index is 0.498. The smallest absolute Gasteiger partial charge is 0.226 e. The lowest BCUT2D eigenvalue weighted by molar-refractivity contribution is 0.506. The molecule has 0 radical (unpaired) electrons. The van der Waals surface area contributed by atoms with E-state index in [0.717, 1.165) is 23.8 Å². The van der Waals surface area contributed by atoms with Crippen LogP contribution in [0.1, 0.15) is 44.2 Å². The maximum absolute atomic E-state index is 5.45. The van der Waals surface area contributed by atoms with Crippen molar-refractivity contribution in [3.8, 4) is 0 Å². The van der Waals surface area contributed by atoms with Crippen LogP contribution in [-0.2, 0) is 6.54 Å². The predicted octanol–water partition coefficient (Wildman–Crippen LogP) is 3.48. The second-order valence-corrected chi connectivity index (χ2v) is 5.89. The number of anilines is 1. The van der Waals surface area contributed by atoms with E-state index in [9.17, 15) is 0 Å². The van der Waals surface area contributed by atoms with Crippen LogP contribution in [0, 0.1) is 4.77 Å². The number of rotatable bonds is 5. The fourth-order valence-corrected chi connectivity index (χ4v) is 3.32. The maximum atomic E-state index is 5.45. The summed E-state index contributed by atoms with van der Waals surface area (Å²) in [4.78, 5) is 6.34. The number of aromatic nitrogens is 4. The van der Waals surface area contributed by atoms with Gasteiger partial charge in [0.1, 0.15) is 0 Å². The van der Waals surface area contributed by atoms with Crippen molar-refractivity contribution in [1.29, 1.82) is 0 Å². The Morgan fingerprint density at radius 1 is 1.33 bits per heavy atom. The molecule has 1 aliphatic rings.